The standard InChI is InChI=1S/C17H30N2O/c18-12-17(8-2-1-3-9-17)10-16(20)19-11-15(13-4-5-13)14-6-7-14/h13-15H,1-12,18H2,(H,19,20). The second-order valence-electron chi connectivity index (χ2n) is 7.58. The van der Waals surface area contributed by atoms with Crippen molar-refractivity contribution in [3.8, 4) is 0 Å². The molecule has 114 valence electrons. The normalized spacial score (nSPS) is 25.7. The van der Waals surface area contributed by atoms with E-state index in [0.29, 0.717) is 13.0 Å². The molecule has 0 aromatic carbocycles. The topological polar surface area (TPSA) is 55.1 Å². The van der Waals surface area contributed by atoms with Gasteiger partial charge >= 0.3 is 0 Å². The molecule has 20 heavy (non-hydrogen) atoms. The molecule has 3 aliphatic rings. The number of hydrogen-bond donors (Lipinski definition) is 2. The molecule has 0 aromatic heterocycles. The minimum Gasteiger partial charge on any atom is -0.356 e. The average Bonchev–Trinajstić information content (AvgIpc) is 3.33. The average molecular weight is 278 g/mol. The van der Waals surface area contributed by atoms with Gasteiger partial charge in [0.1, 0.15) is 0 Å². The summed E-state index contributed by atoms with van der Waals surface area (Å²) in [4.78, 5) is 12.3. The first-order valence-electron chi connectivity index (χ1n) is 8.69. The number of rotatable bonds is 7. The van der Waals surface area contributed by atoms with E-state index >= 15 is 0 Å². The smallest absolute Gasteiger partial charge is 0.220 e. The van der Waals surface area contributed by atoms with E-state index in [1.165, 1.54) is 44.9 Å². The molecule has 3 fully saturated rings. The zero-order valence-corrected chi connectivity index (χ0v) is 12.7. The van der Waals surface area contributed by atoms with Crippen LogP contribution in [-0.2, 0) is 4.79 Å². The van der Waals surface area contributed by atoms with Gasteiger partial charge in [0.2, 0.25) is 5.91 Å². The Balaban J connectivity index is 1.45. The number of nitrogens with one attached hydrogen (secondary N) is 1. The maximum Gasteiger partial charge on any atom is 0.220 e. The van der Waals surface area contributed by atoms with Gasteiger partial charge < -0.3 is 11.1 Å². The van der Waals surface area contributed by atoms with Gasteiger partial charge in [-0.25, -0.2) is 0 Å². The maximum absolute atomic E-state index is 12.3. The lowest BCUT2D eigenvalue weighted by molar-refractivity contribution is -0.124. The van der Waals surface area contributed by atoms with Crippen LogP contribution in [0.15, 0.2) is 0 Å². The van der Waals surface area contributed by atoms with E-state index in [1.54, 1.807) is 0 Å². The number of carbonyl (C=O) groups is 1. The van der Waals surface area contributed by atoms with Crippen molar-refractivity contribution >= 4 is 5.91 Å². The van der Waals surface area contributed by atoms with Crippen LogP contribution in [-0.4, -0.2) is 19.0 Å². The van der Waals surface area contributed by atoms with Crippen LogP contribution in [0, 0.1) is 23.2 Å². The van der Waals surface area contributed by atoms with Gasteiger partial charge in [0.15, 0.2) is 0 Å². The predicted molar refractivity (Wildman–Crippen MR) is 81.1 cm³/mol. The first-order chi connectivity index (χ1) is 9.72. The van der Waals surface area contributed by atoms with Crippen LogP contribution in [0.5, 0.6) is 0 Å². The van der Waals surface area contributed by atoms with E-state index in [9.17, 15) is 4.79 Å². The molecule has 3 nitrogen and oxygen atoms in total. The van der Waals surface area contributed by atoms with E-state index < -0.39 is 0 Å². The monoisotopic (exact) mass is 278 g/mol. The first kappa shape index (κ1) is 14.4. The van der Waals surface area contributed by atoms with E-state index in [2.05, 4.69) is 5.32 Å². The van der Waals surface area contributed by atoms with Gasteiger partial charge in [-0.05, 0) is 68.2 Å². The summed E-state index contributed by atoms with van der Waals surface area (Å²) in [5, 5.41) is 3.24. The molecular weight excluding hydrogens is 248 g/mol. The Labute approximate surface area is 123 Å². The molecule has 0 heterocycles. The van der Waals surface area contributed by atoms with Crippen molar-refractivity contribution in [2.24, 2.45) is 28.9 Å². The molecule has 1 amide bonds. The van der Waals surface area contributed by atoms with Gasteiger partial charge in [0.25, 0.3) is 0 Å². The molecule has 3 aliphatic carbocycles. The zero-order chi connectivity index (χ0) is 14.0. The molecule has 0 saturated heterocycles. The SMILES string of the molecule is NCC1(CC(=O)NCC(C2CC2)C2CC2)CCCCC1. The third-order valence-electron chi connectivity index (χ3n) is 5.87. The number of nitrogens with two attached hydrogens (primary N) is 1. The van der Waals surface area contributed by atoms with E-state index in [0.717, 1.165) is 37.1 Å². The van der Waals surface area contributed by atoms with Gasteiger partial charge in [0.05, 0.1) is 0 Å². The van der Waals surface area contributed by atoms with E-state index in [-0.39, 0.29) is 11.3 Å². The fraction of sp³-hybridized carbons (Fsp3) is 0.941. The quantitative estimate of drug-likeness (QED) is 0.752. The summed E-state index contributed by atoms with van der Waals surface area (Å²) in [5.74, 6) is 2.87. The molecule has 0 spiro atoms. The van der Waals surface area contributed by atoms with E-state index in [4.69, 9.17) is 5.73 Å². The van der Waals surface area contributed by atoms with Crippen LogP contribution >= 0.6 is 0 Å². The highest BCUT2D eigenvalue weighted by Crippen LogP contribution is 2.48. The van der Waals surface area contributed by atoms with Gasteiger partial charge in [0, 0.05) is 13.0 Å². The summed E-state index contributed by atoms with van der Waals surface area (Å²) in [6, 6.07) is 0. The van der Waals surface area contributed by atoms with Crippen molar-refractivity contribution in [3.63, 3.8) is 0 Å². The third-order valence-corrected chi connectivity index (χ3v) is 5.87. The third kappa shape index (κ3) is 3.55. The highest BCUT2D eigenvalue weighted by molar-refractivity contribution is 5.76. The lowest BCUT2D eigenvalue weighted by Gasteiger charge is -2.35. The molecule has 3 saturated carbocycles. The fourth-order valence-corrected chi connectivity index (χ4v) is 4.16. The molecule has 0 aliphatic heterocycles. The van der Waals surface area contributed by atoms with Crippen molar-refractivity contribution < 1.29 is 4.79 Å². The van der Waals surface area contributed by atoms with Crippen molar-refractivity contribution in [3.05, 3.63) is 0 Å². The zero-order valence-electron chi connectivity index (χ0n) is 12.7. The van der Waals surface area contributed by atoms with Gasteiger partial charge in [-0.15, -0.1) is 0 Å². The van der Waals surface area contributed by atoms with Crippen molar-refractivity contribution in [1.82, 2.24) is 5.32 Å². The van der Waals surface area contributed by atoms with Gasteiger partial charge in [-0.3, -0.25) is 4.79 Å². The summed E-state index contributed by atoms with van der Waals surface area (Å²) >= 11 is 0. The van der Waals surface area contributed by atoms with Gasteiger partial charge in [-0.2, -0.15) is 0 Å². The lowest BCUT2D eigenvalue weighted by Crippen LogP contribution is -2.40. The predicted octanol–water partition coefficient (Wildman–Crippen LogP) is 2.84. The van der Waals surface area contributed by atoms with E-state index in [1.807, 2.05) is 0 Å². The summed E-state index contributed by atoms with van der Waals surface area (Å²) in [6.07, 6.45) is 12.3. The Morgan fingerprint density at radius 1 is 1.10 bits per heavy atom. The summed E-state index contributed by atoms with van der Waals surface area (Å²) in [6.45, 7) is 1.60. The summed E-state index contributed by atoms with van der Waals surface area (Å²) < 4.78 is 0. The molecule has 3 rings (SSSR count). The Hall–Kier alpha value is -0.570. The Kier molecular flexibility index (Phi) is 4.34. The van der Waals surface area contributed by atoms with Crippen molar-refractivity contribution in [2.75, 3.05) is 13.1 Å². The fourth-order valence-electron chi connectivity index (χ4n) is 4.16. The number of carbonyl (C=O) groups excluding carboxylic acids is 1. The molecule has 0 atom stereocenters. The van der Waals surface area contributed by atoms with Crippen LogP contribution in [0.25, 0.3) is 0 Å². The Morgan fingerprint density at radius 2 is 1.70 bits per heavy atom. The Morgan fingerprint density at radius 3 is 2.20 bits per heavy atom. The lowest BCUT2D eigenvalue weighted by atomic mass is 9.71. The molecule has 3 heteroatoms. The van der Waals surface area contributed by atoms with Crippen LogP contribution in [0.1, 0.15) is 64.2 Å². The molecule has 3 N–H and O–H groups in total. The van der Waals surface area contributed by atoms with Crippen LogP contribution in [0.3, 0.4) is 0 Å². The highest BCUT2D eigenvalue weighted by atomic mass is 16.1. The number of amides is 1. The molecule has 0 bridgehead atoms. The largest absolute Gasteiger partial charge is 0.356 e. The van der Waals surface area contributed by atoms with Crippen LogP contribution in [0.4, 0.5) is 0 Å². The summed E-state index contributed by atoms with van der Waals surface area (Å²) in [5.41, 5.74) is 6.09. The van der Waals surface area contributed by atoms with Crippen LogP contribution in [0.2, 0.25) is 0 Å². The van der Waals surface area contributed by atoms with Crippen molar-refractivity contribution in [1.29, 1.82) is 0 Å². The second-order valence-corrected chi connectivity index (χ2v) is 7.58. The minimum atomic E-state index is 0.108. The molecule has 0 radical (unpaired) electrons. The first-order valence-corrected chi connectivity index (χ1v) is 8.69. The number of hydrogen-bond acceptors (Lipinski definition) is 2. The second kappa shape index (κ2) is 6.05. The molecule has 0 unspecified atom stereocenters. The molecule has 0 aromatic rings. The van der Waals surface area contributed by atoms with Crippen molar-refractivity contribution in [2.45, 2.75) is 64.2 Å². The Bertz CT molecular complexity index is 329. The maximum atomic E-state index is 12.3. The van der Waals surface area contributed by atoms with Gasteiger partial charge in [-0.1, -0.05) is 19.3 Å². The van der Waals surface area contributed by atoms with Crippen LogP contribution < -0.4 is 11.1 Å². The molecular formula is C17H30N2O. The summed E-state index contributed by atoms with van der Waals surface area (Å²) in [7, 11) is 0. The highest BCUT2D eigenvalue weighted by Gasteiger charge is 2.41. The minimum absolute atomic E-state index is 0.108.